The predicted molar refractivity (Wildman–Crippen MR) is 121 cm³/mol. The number of hydrogen-bond acceptors (Lipinski definition) is 8. The van der Waals surface area contributed by atoms with Crippen molar-refractivity contribution in [2.45, 2.75) is 31.6 Å². The van der Waals surface area contributed by atoms with Crippen LogP contribution in [0.2, 0.25) is 5.02 Å². The van der Waals surface area contributed by atoms with Crippen LogP contribution in [-0.2, 0) is 0 Å². The largest absolute Gasteiger partial charge is 0.479 e. The van der Waals surface area contributed by atoms with Crippen LogP contribution in [0.5, 0.6) is 5.75 Å². The molecule has 0 aliphatic carbocycles. The molecule has 0 saturated carbocycles. The van der Waals surface area contributed by atoms with Gasteiger partial charge in [-0.2, -0.15) is 5.10 Å². The Morgan fingerprint density at radius 3 is 2.94 bits per heavy atom. The molecule has 5 rings (SSSR count). The number of β-amino-alcohol motifs (C(OH)–C–C–N with tert-alkyl or cyclic N) is 1. The number of halogens is 2. The molecule has 3 N–H and O–H groups in total. The molecule has 1 fully saturated rings. The van der Waals surface area contributed by atoms with Crippen LogP contribution >= 0.6 is 11.6 Å². The van der Waals surface area contributed by atoms with Crippen molar-refractivity contribution >= 4 is 17.1 Å². The zero-order valence-electron chi connectivity index (χ0n) is 18.3. The maximum absolute atomic E-state index is 13.3. The van der Waals surface area contributed by atoms with Crippen LogP contribution in [0.4, 0.5) is 4.39 Å². The van der Waals surface area contributed by atoms with Crippen molar-refractivity contribution in [3.63, 3.8) is 0 Å². The van der Waals surface area contributed by atoms with Gasteiger partial charge in [0.25, 0.3) is 0 Å². The number of piperidine rings is 1. The van der Waals surface area contributed by atoms with Gasteiger partial charge >= 0.3 is 0 Å². The number of aliphatic hydroxyl groups is 2. The van der Waals surface area contributed by atoms with E-state index in [1.807, 2.05) is 6.92 Å². The number of rotatable bonds is 6. The number of pyridine rings is 2. The lowest BCUT2D eigenvalue weighted by atomic mass is 10.0. The van der Waals surface area contributed by atoms with E-state index in [2.05, 4.69) is 25.7 Å². The van der Waals surface area contributed by atoms with Gasteiger partial charge < -0.3 is 20.3 Å². The summed E-state index contributed by atoms with van der Waals surface area (Å²) in [5.41, 5.74) is 2.92. The number of aromatic nitrogens is 6. The van der Waals surface area contributed by atoms with E-state index in [1.165, 1.54) is 18.3 Å². The number of aliphatic hydroxyl groups excluding tert-OH is 2. The molecule has 1 unspecified atom stereocenters. The van der Waals surface area contributed by atoms with Crippen LogP contribution in [0, 0.1) is 12.7 Å². The molecule has 3 atom stereocenters. The van der Waals surface area contributed by atoms with Crippen LogP contribution < -0.4 is 10.1 Å². The van der Waals surface area contributed by atoms with Crippen molar-refractivity contribution in [3.8, 4) is 17.0 Å². The fourth-order valence-corrected chi connectivity index (χ4v) is 4.45. The summed E-state index contributed by atoms with van der Waals surface area (Å²) < 4.78 is 22.7. The summed E-state index contributed by atoms with van der Waals surface area (Å²) in [6, 6.07) is 4.28. The average molecular weight is 488 g/mol. The molecule has 0 bridgehead atoms. The topological polar surface area (TPSA) is 123 Å². The Labute approximate surface area is 199 Å². The van der Waals surface area contributed by atoms with E-state index in [1.54, 1.807) is 21.5 Å². The second kappa shape index (κ2) is 9.26. The fourth-order valence-electron chi connectivity index (χ4n) is 4.23. The Morgan fingerprint density at radius 1 is 1.35 bits per heavy atom. The van der Waals surface area contributed by atoms with Crippen LogP contribution in [0.15, 0.2) is 36.8 Å². The fraction of sp³-hybridized carbons (Fsp3) is 0.364. The quantitative estimate of drug-likeness (QED) is 0.378. The highest BCUT2D eigenvalue weighted by Crippen LogP contribution is 2.35. The van der Waals surface area contributed by atoms with Crippen LogP contribution in [0.3, 0.4) is 0 Å². The molecular weight excluding hydrogens is 465 g/mol. The van der Waals surface area contributed by atoms with Gasteiger partial charge in [0, 0.05) is 18.3 Å². The summed E-state index contributed by atoms with van der Waals surface area (Å²) in [6.07, 6.45) is 3.63. The first-order chi connectivity index (χ1) is 16.5. The summed E-state index contributed by atoms with van der Waals surface area (Å²) in [7, 11) is 0. The van der Waals surface area contributed by atoms with Gasteiger partial charge in [-0.3, -0.25) is 4.98 Å². The van der Waals surface area contributed by atoms with E-state index < -0.39 is 18.0 Å². The lowest BCUT2D eigenvalue weighted by Gasteiger charge is -2.28. The van der Waals surface area contributed by atoms with Crippen molar-refractivity contribution in [1.29, 1.82) is 0 Å². The smallest absolute Gasteiger partial charge is 0.163 e. The van der Waals surface area contributed by atoms with Gasteiger partial charge in [-0.05, 0) is 38.1 Å². The highest BCUT2D eigenvalue weighted by atomic mass is 35.5. The molecule has 0 radical (unpaired) electrons. The summed E-state index contributed by atoms with van der Waals surface area (Å²) in [5, 5.41) is 36.8. The van der Waals surface area contributed by atoms with Gasteiger partial charge in [0.05, 0.1) is 47.6 Å². The van der Waals surface area contributed by atoms with Gasteiger partial charge in [-0.25, -0.2) is 13.6 Å². The Kier molecular flexibility index (Phi) is 6.17. The summed E-state index contributed by atoms with van der Waals surface area (Å²) in [4.78, 5) is 4.02. The minimum atomic E-state index is -0.854. The molecule has 10 nitrogen and oxygen atoms in total. The third-order valence-corrected chi connectivity index (χ3v) is 6.25. The minimum Gasteiger partial charge on any atom is -0.479 e. The molecule has 5 heterocycles. The highest BCUT2D eigenvalue weighted by Gasteiger charge is 2.28. The first kappa shape index (κ1) is 22.7. The predicted octanol–water partition coefficient (Wildman–Crippen LogP) is 2.10. The third-order valence-electron chi connectivity index (χ3n) is 5.98. The van der Waals surface area contributed by atoms with Crippen LogP contribution in [-0.4, -0.2) is 65.6 Å². The van der Waals surface area contributed by atoms with Crippen molar-refractivity contribution in [2.75, 3.05) is 19.7 Å². The molecule has 1 aliphatic rings. The van der Waals surface area contributed by atoms with Crippen LogP contribution in [0.25, 0.3) is 16.8 Å². The molecule has 0 spiro atoms. The average Bonchev–Trinajstić information content (AvgIpc) is 3.41. The van der Waals surface area contributed by atoms with Gasteiger partial charge in [0.2, 0.25) is 0 Å². The van der Waals surface area contributed by atoms with Crippen molar-refractivity contribution in [3.05, 3.63) is 59.0 Å². The van der Waals surface area contributed by atoms with Gasteiger partial charge in [-0.1, -0.05) is 16.8 Å². The molecule has 0 aromatic carbocycles. The van der Waals surface area contributed by atoms with Crippen molar-refractivity contribution in [1.82, 2.24) is 34.9 Å². The summed E-state index contributed by atoms with van der Waals surface area (Å²) >= 11 is 6.37. The Morgan fingerprint density at radius 2 is 2.21 bits per heavy atom. The maximum Gasteiger partial charge on any atom is 0.163 e. The zero-order chi connectivity index (χ0) is 23.8. The molecule has 34 heavy (non-hydrogen) atoms. The molecule has 4 aromatic heterocycles. The Bertz CT molecular complexity index is 1310. The lowest BCUT2D eigenvalue weighted by Crippen LogP contribution is -2.42. The minimum absolute atomic E-state index is 0.176. The summed E-state index contributed by atoms with van der Waals surface area (Å²) in [6.45, 7) is 2.79. The molecular formula is C22H23ClFN7O3. The normalized spacial score (nSPS) is 19.4. The van der Waals surface area contributed by atoms with Crippen molar-refractivity contribution in [2.24, 2.45) is 0 Å². The van der Waals surface area contributed by atoms with E-state index in [-0.39, 0.29) is 12.6 Å². The van der Waals surface area contributed by atoms with E-state index >= 15 is 0 Å². The monoisotopic (exact) mass is 487 g/mol. The standard InChI is InChI=1S/C22H23ClFN7O3/c1-12-21(28-29-31(12)17-4-5-25-9-18(17)33)13-6-19(22-15(23)8-27-30(22)10-13)34-20(11-32)16-3-2-14(24)7-26-16/h2-3,6-8,10,17-18,20,25,32-33H,4-5,9,11H2,1H3/t17-,18+,20?/m0/s1. The molecule has 1 aliphatic heterocycles. The number of ether oxygens (including phenoxy) is 1. The van der Waals surface area contributed by atoms with E-state index in [4.69, 9.17) is 16.3 Å². The number of fused-ring (bicyclic) bond motifs is 1. The molecule has 178 valence electrons. The Hall–Kier alpha value is -3.12. The lowest BCUT2D eigenvalue weighted by molar-refractivity contribution is 0.0789. The molecule has 12 heteroatoms. The number of nitrogens with zero attached hydrogens (tertiary/aromatic N) is 6. The van der Waals surface area contributed by atoms with E-state index in [0.29, 0.717) is 39.8 Å². The maximum atomic E-state index is 13.3. The molecule has 1 saturated heterocycles. The first-order valence-electron chi connectivity index (χ1n) is 10.8. The second-order valence-corrected chi connectivity index (χ2v) is 8.57. The molecule has 4 aromatic rings. The number of hydrogen-bond donors (Lipinski definition) is 3. The third kappa shape index (κ3) is 4.11. The second-order valence-electron chi connectivity index (χ2n) is 8.16. The van der Waals surface area contributed by atoms with E-state index in [0.717, 1.165) is 24.9 Å². The van der Waals surface area contributed by atoms with Gasteiger partial charge in [-0.15, -0.1) is 5.10 Å². The van der Waals surface area contributed by atoms with Crippen LogP contribution in [0.1, 0.15) is 30.0 Å². The highest BCUT2D eigenvalue weighted by molar-refractivity contribution is 6.34. The SMILES string of the molecule is Cc1c(-c2cc(OC(CO)c3ccc(F)cn3)c3c(Cl)cnn3c2)nnn1[C@H]1CCNC[C@H]1O. The van der Waals surface area contributed by atoms with E-state index in [9.17, 15) is 14.6 Å². The summed E-state index contributed by atoms with van der Waals surface area (Å²) in [5.74, 6) is -0.137. The van der Waals surface area contributed by atoms with Crippen molar-refractivity contribution < 1.29 is 19.3 Å². The zero-order valence-corrected chi connectivity index (χ0v) is 19.0. The number of nitrogens with one attached hydrogen (secondary N) is 1. The Balaban J connectivity index is 1.55. The van der Waals surface area contributed by atoms with Gasteiger partial charge in [0.1, 0.15) is 22.8 Å². The van der Waals surface area contributed by atoms with Gasteiger partial charge in [0.15, 0.2) is 6.10 Å². The first-order valence-corrected chi connectivity index (χ1v) is 11.2. The molecule has 0 amide bonds.